The number of benzene rings is 1. The zero-order valence-corrected chi connectivity index (χ0v) is 15.9. The number of thiophene rings is 1. The number of hydrogen-bond acceptors (Lipinski definition) is 4. The van der Waals surface area contributed by atoms with E-state index in [1.807, 2.05) is 60.1 Å². The second kappa shape index (κ2) is 7.06. The van der Waals surface area contributed by atoms with Crippen LogP contribution >= 0.6 is 11.3 Å². The van der Waals surface area contributed by atoms with Crippen LogP contribution in [0.25, 0.3) is 11.1 Å². The summed E-state index contributed by atoms with van der Waals surface area (Å²) in [7, 11) is 7.03. The topological polar surface area (TPSA) is 47.2 Å². The van der Waals surface area contributed by atoms with E-state index in [1.54, 1.807) is 18.4 Å². The van der Waals surface area contributed by atoms with Crippen molar-refractivity contribution in [2.75, 3.05) is 19.0 Å². The molecule has 0 aliphatic carbocycles. The molecule has 0 radical (unpaired) electrons. The molecule has 1 aromatic carbocycles. The average molecular weight is 365 g/mol. The number of aromatic nitrogens is 2. The van der Waals surface area contributed by atoms with Gasteiger partial charge in [-0.05, 0) is 35.1 Å². The van der Waals surface area contributed by atoms with Gasteiger partial charge in [0.15, 0.2) is 0 Å². The van der Waals surface area contributed by atoms with Crippen LogP contribution in [0.3, 0.4) is 0 Å². The molecule has 0 aliphatic heterocycles. The highest BCUT2D eigenvalue weighted by molar-refractivity contribution is 7.08. The molecule has 0 atom stereocenters. The van der Waals surface area contributed by atoms with E-state index in [9.17, 15) is 9.59 Å². The van der Waals surface area contributed by atoms with Crippen molar-refractivity contribution in [3.63, 3.8) is 0 Å². The van der Waals surface area contributed by atoms with Crippen LogP contribution in [-0.4, -0.2) is 23.2 Å². The normalized spacial score (nSPS) is 10.3. The Hall–Kier alpha value is -3.04. The maximum atomic E-state index is 12.8. The van der Waals surface area contributed by atoms with Crippen LogP contribution in [0.5, 0.6) is 0 Å². The summed E-state index contributed by atoms with van der Waals surface area (Å²) in [5.74, 6) is 6.06. The van der Waals surface area contributed by atoms with E-state index in [0.29, 0.717) is 11.3 Å². The van der Waals surface area contributed by atoms with E-state index >= 15 is 0 Å². The summed E-state index contributed by atoms with van der Waals surface area (Å²) in [6.45, 7) is 0. The third-order valence-electron chi connectivity index (χ3n) is 4.18. The van der Waals surface area contributed by atoms with E-state index in [-0.39, 0.29) is 5.56 Å². The first kappa shape index (κ1) is 17.8. The number of rotatable bonds is 2. The van der Waals surface area contributed by atoms with Crippen molar-refractivity contribution in [2.45, 2.75) is 0 Å². The Bertz CT molecular complexity index is 1110. The van der Waals surface area contributed by atoms with E-state index in [1.165, 1.54) is 11.6 Å². The smallest absolute Gasteiger partial charge is 0.331 e. The Morgan fingerprint density at radius 3 is 2.23 bits per heavy atom. The summed E-state index contributed by atoms with van der Waals surface area (Å²) in [6, 6.07) is 9.55. The predicted molar refractivity (Wildman–Crippen MR) is 107 cm³/mol. The van der Waals surface area contributed by atoms with Crippen LogP contribution in [0.2, 0.25) is 0 Å². The largest absolute Gasteiger partial charge is 0.378 e. The molecule has 3 aromatic rings. The molecular weight excluding hydrogens is 346 g/mol. The Morgan fingerprint density at radius 2 is 1.65 bits per heavy atom. The lowest BCUT2D eigenvalue weighted by atomic mass is 10.0. The average Bonchev–Trinajstić information content (AvgIpc) is 3.15. The van der Waals surface area contributed by atoms with Crippen molar-refractivity contribution in [3.8, 4) is 23.0 Å². The van der Waals surface area contributed by atoms with Crippen LogP contribution in [0.4, 0.5) is 5.69 Å². The van der Waals surface area contributed by atoms with Crippen molar-refractivity contribution in [3.05, 3.63) is 73.2 Å². The molecule has 0 fully saturated rings. The number of nitrogens with zero attached hydrogens (tertiary/aromatic N) is 3. The van der Waals surface area contributed by atoms with Gasteiger partial charge < -0.3 is 4.90 Å². The highest BCUT2D eigenvalue weighted by atomic mass is 32.1. The van der Waals surface area contributed by atoms with Crippen molar-refractivity contribution in [2.24, 2.45) is 14.1 Å². The summed E-state index contributed by atoms with van der Waals surface area (Å²) < 4.78 is 2.54. The molecule has 0 aliphatic rings. The van der Waals surface area contributed by atoms with E-state index < -0.39 is 5.69 Å². The van der Waals surface area contributed by atoms with Crippen molar-refractivity contribution < 1.29 is 0 Å². The molecule has 5 nitrogen and oxygen atoms in total. The van der Waals surface area contributed by atoms with Crippen molar-refractivity contribution in [1.82, 2.24) is 9.13 Å². The molecule has 2 heterocycles. The van der Waals surface area contributed by atoms with Gasteiger partial charge in [0.25, 0.3) is 5.56 Å². The fourth-order valence-electron chi connectivity index (χ4n) is 2.64. The van der Waals surface area contributed by atoms with Gasteiger partial charge in [-0.25, -0.2) is 4.79 Å². The third kappa shape index (κ3) is 3.22. The minimum absolute atomic E-state index is 0.347. The highest BCUT2D eigenvalue weighted by Gasteiger charge is 2.16. The minimum atomic E-state index is -0.390. The lowest BCUT2D eigenvalue weighted by Gasteiger charge is -2.14. The number of hydrogen-bond donors (Lipinski definition) is 0. The van der Waals surface area contributed by atoms with Crippen LogP contribution in [-0.2, 0) is 14.1 Å². The van der Waals surface area contributed by atoms with E-state index in [2.05, 4.69) is 11.8 Å². The zero-order chi connectivity index (χ0) is 18.8. The summed E-state index contributed by atoms with van der Waals surface area (Å²) in [4.78, 5) is 27.2. The molecule has 3 rings (SSSR count). The Labute approximate surface area is 155 Å². The monoisotopic (exact) mass is 365 g/mol. The zero-order valence-electron chi connectivity index (χ0n) is 15.1. The lowest BCUT2D eigenvalue weighted by molar-refractivity contribution is 0.682. The standard InChI is InChI=1S/C20H19N3O2S/c1-21(2)16-8-6-15(7-9-16)18-17(10-5-14-11-12-26-13-14)22(3)20(25)23(4)19(18)24/h6-9,11-13H,1-4H3. The SMILES string of the molecule is CN(C)c1ccc(-c2c(C#Cc3ccsc3)n(C)c(=O)n(C)c2=O)cc1. The second-order valence-electron chi connectivity index (χ2n) is 6.13. The Balaban J connectivity index is 2.26. The molecule has 132 valence electrons. The second-order valence-corrected chi connectivity index (χ2v) is 6.91. The summed E-state index contributed by atoms with van der Waals surface area (Å²) in [6.07, 6.45) is 0. The van der Waals surface area contributed by atoms with Crippen LogP contribution in [0, 0.1) is 11.8 Å². The molecule has 0 amide bonds. The van der Waals surface area contributed by atoms with Gasteiger partial charge in [-0.15, -0.1) is 0 Å². The summed E-state index contributed by atoms with van der Waals surface area (Å²) >= 11 is 1.55. The van der Waals surface area contributed by atoms with Gasteiger partial charge in [-0.2, -0.15) is 11.3 Å². The van der Waals surface area contributed by atoms with Gasteiger partial charge in [-0.1, -0.05) is 18.1 Å². The van der Waals surface area contributed by atoms with Gasteiger partial charge in [0.2, 0.25) is 0 Å². The quantitative estimate of drug-likeness (QED) is 0.655. The Morgan fingerprint density at radius 1 is 0.962 bits per heavy atom. The van der Waals surface area contributed by atoms with Gasteiger partial charge in [0, 0.05) is 44.8 Å². The minimum Gasteiger partial charge on any atom is -0.378 e. The number of anilines is 1. The molecule has 6 heteroatoms. The van der Waals surface area contributed by atoms with Gasteiger partial charge in [-0.3, -0.25) is 13.9 Å². The first-order chi connectivity index (χ1) is 12.4. The molecule has 0 saturated carbocycles. The molecule has 0 saturated heterocycles. The summed E-state index contributed by atoms with van der Waals surface area (Å²) in [5, 5.41) is 3.87. The maximum Gasteiger partial charge on any atom is 0.331 e. The van der Waals surface area contributed by atoms with Crippen molar-refractivity contribution in [1.29, 1.82) is 0 Å². The third-order valence-corrected chi connectivity index (χ3v) is 4.87. The van der Waals surface area contributed by atoms with Gasteiger partial charge >= 0.3 is 5.69 Å². The maximum absolute atomic E-state index is 12.8. The van der Waals surface area contributed by atoms with Gasteiger partial charge in [0.1, 0.15) is 5.69 Å². The Kier molecular flexibility index (Phi) is 4.83. The van der Waals surface area contributed by atoms with E-state index in [4.69, 9.17) is 0 Å². The van der Waals surface area contributed by atoms with Crippen LogP contribution in [0.15, 0.2) is 50.7 Å². The lowest BCUT2D eigenvalue weighted by Crippen LogP contribution is -2.39. The fourth-order valence-corrected chi connectivity index (χ4v) is 3.23. The fraction of sp³-hybridized carbons (Fsp3) is 0.200. The molecule has 2 aromatic heterocycles. The molecule has 0 N–H and O–H groups in total. The molecular formula is C20H19N3O2S. The predicted octanol–water partition coefficient (Wildman–Crippen LogP) is 2.28. The van der Waals surface area contributed by atoms with Crippen LogP contribution < -0.4 is 16.1 Å². The molecule has 26 heavy (non-hydrogen) atoms. The molecule has 0 unspecified atom stereocenters. The first-order valence-electron chi connectivity index (χ1n) is 8.02. The van der Waals surface area contributed by atoms with E-state index in [0.717, 1.165) is 21.4 Å². The first-order valence-corrected chi connectivity index (χ1v) is 8.96. The van der Waals surface area contributed by atoms with Gasteiger partial charge in [0.05, 0.1) is 5.56 Å². The highest BCUT2D eigenvalue weighted by Crippen LogP contribution is 2.22. The molecule has 0 bridgehead atoms. The summed E-state index contributed by atoms with van der Waals surface area (Å²) in [5.41, 5.74) is 2.74. The van der Waals surface area contributed by atoms with Crippen molar-refractivity contribution >= 4 is 17.0 Å². The molecule has 0 spiro atoms. The van der Waals surface area contributed by atoms with Crippen LogP contribution in [0.1, 0.15) is 11.3 Å².